The maximum Gasteiger partial charge on any atom is 0.420 e. The third-order valence-electron chi connectivity index (χ3n) is 3.19. The minimum Gasteiger partial charge on any atom is -0.408 e. The zero-order chi connectivity index (χ0) is 14.8. The predicted octanol–water partition coefficient (Wildman–Crippen LogP) is 2.39. The van der Waals surface area contributed by atoms with Crippen LogP contribution < -0.4 is 11.1 Å². The van der Waals surface area contributed by atoms with Crippen molar-refractivity contribution in [2.75, 3.05) is 6.54 Å². The summed E-state index contributed by atoms with van der Waals surface area (Å²) in [4.78, 5) is 24.3. The molecular formula is C15H14N2O3S. The van der Waals surface area contributed by atoms with E-state index in [2.05, 4.69) is 5.32 Å². The Morgan fingerprint density at radius 3 is 3.00 bits per heavy atom. The number of fused-ring (bicyclic) bond motifs is 1. The van der Waals surface area contributed by atoms with Gasteiger partial charge in [-0.25, -0.2) is 4.79 Å². The summed E-state index contributed by atoms with van der Waals surface area (Å²) in [6.45, 7) is 2.70. The monoisotopic (exact) mass is 302 g/mol. The highest BCUT2D eigenvalue weighted by molar-refractivity contribution is 7.12. The van der Waals surface area contributed by atoms with E-state index in [-0.39, 0.29) is 5.91 Å². The van der Waals surface area contributed by atoms with Crippen LogP contribution in [0.3, 0.4) is 0 Å². The predicted molar refractivity (Wildman–Crippen MR) is 81.9 cm³/mol. The van der Waals surface area contributed by atoms with E-state index in [1.54, 1.807) is 6.07 Å². The number of aryl methyl sites for hydroxylation is 1. The molecule has 5 nitrogen and oxygen atoms in total. The second-order valence-corrected chi connectivity index (χ2v) is 5.67. The molecule has 0 bridgehead atoms. The van der Waals surface area contributed by atoms with Crippen molar-refractivity contribution in [3.63, 3.8) is 0 Å². The zero-order valence-corrected chi connectivity index (χ0v) is 12.3. The molecule has 0 aliphatic carbocycles. The maximum absolute atomic E-state index is 11.8. The van der Waals surface area contributed by atoms with Crippen LogP contribution in [0.15, 0.2) is 44.9 Å². The summed E-state index contributed by atoms with van der Waals surface area (Å²) in [6.07, 6.45) is 0. The summed E-state index contributed by atoms with van der Waals surface area (Å²) in [6, 6.07) is 9.21. The number of hydrogen-bond acceptors (Lipinski definition) is 4. The Morgan fingerprint density at radius 2 is 2.24 bits per heavy atom. The Kier molecular flexibility index (Phi) is 3.62. The summed E-state index contributed by atoms with van der Waals surface area (Å²) in [5.74, 6) is -0.525. The molecule has 6 heteroatoms. The molecule has 0 unspecified atom stereocenters. The molecule has 0 fully saturated rings. The Morgan fingerprint density at radius 1 is 1.38 bits per heavy atom. The van der Waals surface area contributed by atoms with Crippen LogP contribution in [0.1, 0.15) is 15.2 Å². The minimum absolute atomic E-state index is 0.123. The van der Waals surface area contributed by atoms with Crippen molar-refractivity contribution in [3.05, 3.63) is 56.7 Å². The molecule has 0 saturated carbocycles. The number of thiophene rings is 1. The van der Waals surface area contributed by atoms with Crippen LogP contribution in [0, 0.1) is 6.92 Å². The molecule has 3 rings (SSSR count). The molecule has 0 aliphatic heterocycles. The van der Waals surface area contributed by atoms with Crippen molar-refractivity contribution in [2.24, 2.45) is 0 Å². The van der Waals surface area contributed by atoms with Gasteiger partial charge in [0.2, 0.25) is 0 Å². The summed E-state index contributed by atoms with van der Waals surface area (Å²) >= 11 is 1.39. The first-order valence-electron chi connectivity index (χ1n) is 6.57. The number of oxazole rings is 1. The molecule has 21 heavy (non-hydrogen) atoms. The molecule has 1 amide bonds. The van der Waals surface area contributed by atoms with Crippen LogP contribution in [-0.2, 0) is 6.54 Å². The lowest BCUT2D eigenvalue weighted by molar-refractivity contribution is 0.0956. The van der Waals surface area contributed by atoms with E-state index >= 15 is 0 Å². The van der Waals surface area contributed by atoms with Crippen LogP contribution in [0.5, 0.6) is 0 Å². The standard InChI is InChI=1S/C15H14N2O3S/c1-10-4-5-11-12(9-10)20-15(19)17(11)7-6-16-14(18)13-3-2-8-21-13/h2-5,8-9H,6-7H2,1H3,(H,16,18). The Bertz CT molecular complexity index is 830. The van der Waals surface area contributed by atoms with Gasteiger partial charge in [0.25, 0.3) is 5.91 Å². The molecule has 0 aliphatic rings. The van der Waals surface area contributed by atoms with E-state index in [0.717, 1.165) is 11.1 Å². The first kappa shape index (κ1) is 13.6. The number of aromatic nitrogens is 1. The van der Waals surface area contributed by atoms with E-state index in [9.17, 15) is 9.59 Å². The van der Waals surface area contributed by atoms with Gasteiger partial charge in [0.05, 0.1) is 10.4 Å². The van der Waals surface area contributed by atoms with E-state index in [4.69, 9.17) is 4.42 Å². The van der Waals surface area contributed by atoms with Gasteiger partial charge in [0.15, 0.2) is 5.58 Å². The fourth-order valence-corrected chi connectivity index (χ4v) is 2.80. The number of carbonyl (C=O) groups excluding carboxylic acids is 1. The molecule has 0 saturated heterocycles. The normalized spacial score (nSPS) is 10.9. The van der Waals surface area contributed by atoms with Gasteiger partial charge in [-0.05, 0) is 36.1 Å². The summed E-state index contributed by atoms with van der Waals surface area (Å²) in [7, 11) is 0. The lowest BCUT2D eigenvalue weighted by Crippen LogP contribution is -2.29. The molecular weight excluding hydrogens is 288 g/mol. The Balaban J connectivity index is 1.72. The molecule has 0 atom stereocenters. The molecule has 2 heterocycles. The second-order valence-electron chi connectivity index (χ2n) is 4.72. The van der Waals surface area contributed by atoms with Crippen molar-refractivity contribution in [1.82, 2.24) is 9.88 Å². The van der Waals surface area contributed by atoms with Gasteiger partial charge in [-0.1, -0.05) is 12.1 Å². The van der Waals surface area contributed by atoms with Crippen LogP contribution >= 0.6 is 11.3 Å². The van der Waals surface area contributed by atoms with Crippen molar-refractivity contribution in [1.29, 1.82) is 0 Å². The number of benzene rings is 1. The van der Waals surface area contributed by atoms with Gasteiger partial charge < -0.3 is 9.73 Å². The smallest absolute Gasteiger partial charge is 0.408 e. The second kappa shape index (κ2) is 5.57. The average Bonchev–Trinajstić information content (AvgIpc) is 3.07. The third kappa shape index (κ3) is 2.75. The highest BCUT2D eigenvalue weighted by atomic mass is 32.1. The number of amides is 1. The lowest BCUT2D eigenvalue weighted by atomic mass is 10.2. The van der Waals surface area contributed by atoms with Crippen molar-refractivity contribution in [2.45, 2.75) is 13.5 Å². The molecule has 108 valence electrons. The number of nitrogens with zero attached hydrogens (tertiary/aromatic N) is 1. The topological polar surface area (TPSA) is 64.2 Å². The summed E-state index contributed by atoms with van der Waals surface area (Å²) in [5.41, 5.74) is 2.36. The molecule has 0 radical (unpaired) electrons. The maximum atomic E-state index is 11.8. The minimum atomic E-state index is -0.402. The quantitative estimate of drug-likeness (QED) is 0.805. The van der Waals surface area contributed by atoms with E-state index in [1.165, 1.54) is 15.9 Å². The molecule has 3 aromatic rings. The Labute approximate surface area is 124 Å². The zero-order valence-electron chi connectivity index (χ0n) is 11.5. The molecule has 2 aromatic heterocycles. The molecule has 1 aromatic carbocycles. The van der Waals surface area contributed by atoms with E-state index in [1.807, 2.05) is 36.6 Å². The highest BCUT2D eigenvalue weighted by Gasteiger charge is 2.10. The Hall–Kier alpha value is -2.34. The SMILES string of the molecule is Cc1ccc2c(c1)oc(=O)n2CCNC(=O)c1cccs1. The largest absolute Gasteiger partial charge is 0.420 e. The van der Waals surface area contributed by atoms with Gasteiger partial charge >= 0.3 is 5.76 Å². The van der Waals surface area contributed by atoms with Crippen LogP contribution in [-0.4, -0.2) is 17.0 Å². The fraction of sp³-hybridized carbons (Fsp3) is 0.200. The van der Waals surface area contributed by atoms with Crippen molar-refractivity contribution < 1.29 is 9.21 Å². The highest BCUT2D eigenvalue weighted by Crippen LogP contribution is 2.14. The number of carbonyl (C=O) groups is 1. The van der Waals surface area contributed by atoms with E-state index < -0.39 is 5.76 Å². The number of rotatable bonds is 4. The van der Waals surface area contributed by atoms with Crippen molar-refractivity contribution in [3.8, 4) is 0 Å². The van der Waals surface area contributed by atoms with Gasteiger partial charge in [-0.15, -0.1) is 11.3 Å². The van der Waals surface area contributed by atoms with Gasteiger partial charge in [0, 0.05) is 13.1 Å². The van der Waals surface area contributed by atoms with Gasteiger partial charge in [0.1, 0.15) is 0 Å². The van der Waals surface area contributed by atoms with Crippen LogP contribution in [0.4, 0.5) is 0 Å². The van der Waals surface area contributed by atoms with Gasteiger partial charge in [-0.2, -0.15) is 0 Å². The summed E-state index contributed by atoms with van der Waals surface area (Å²) < 4.78 is 6.74. The first-order valence-corrected chi connectivity index (χ1v) is 7.45. The van der Waals surface area contributed by atoms with Gasteiger partial charge in [-0.3, -0.25) is 9.36 Å². The van der Waals surface area contributed by atoms with Crippen molar-refractivity contribution >= 4 is 28.3 Å². The number of hydrogen-bond donors (Lipinski definition) is 1. The van der Waals surface area contributed by atoms with E-state index in [0.29, 0.717) is 23.5 Å². The van der Waals surface area contributed by atoms with Crippen LogP contribution in [0.25, 0.3) is 11.1 Å². The van der Waals surface area contributed by atoms with Crippen LogP contribution in [0.2, 0.25) is 0 Å². The molecule has 1 N–H and O–H groups in total. The fourth-order valence-electron chi connectivity index (χ4n) is 2.16. The lowest BCUT2D eigenvalue weighted by Gasteiger charge is -2.04. The first-order chi connectivity index (χ1) is 10.1. The summed E-state index contributed by atoms with van der Waals surface area (Å²) in [5, 5.41) is 4.65. The third-order valence-corrected chi connectivity index (χ3v) is 4.06. The number of nitrogens with one attached hydrogen (secondary N) is 1. The average molecular weight is 302 g/mol. The molecule has 0 spiro atoms.